The zero-order valence-corrected chi connectivity index (χ0v) is 13.1. The highest BCUT2D eigenvalue weighted by atomic mass is 19.4. The molecule has 0 amide bonds. The lowest BCUT2D eigenvalue weighted by molar-refractivity contribution is -0.138. The van der Waals surface area contributed by atoms with E-state index >= 15 is 0 Å². The molecule has 6 heteroatoms. The van der Waals surface area contributed by atoms with E-state index in [1.54, 1.807) is 13.0 Å². The van der Waals surface area contributed by atoms with Gasteiger partial charge in [-0.15, -0.1) is 6.58 Å². The van der Waals surface area contributed by atoms with Crippen molar-refractivity contribution in [3.63, 3.8) is 0 Å². The van der Waals surface area contributed by atoms with Gasteiger partial charge in [-0.3, -0.25) is 0 Å². The van der Waals surface area contributed by atoms with Gasteiger partial charge >= 0.3 is 12.1 Å². The Morgan fingerprint density at radius 2 is 2.00 bits per heavy atom. The van der Waals surface area contributed by atoms with E-state index in [1.807, 2.05) is 0 Å². The number of rotatable bonds is 9. The number of anilines is 1. The second kappa shape index (κ2) is 8.60. The molecule has 0 fully saturated rings. The van der Waals surface area contributed by atoms with Crippen LogP contribution in [0.4, 0.5) is 18.9 Å². The molecule has 1 atom stereocenters. The first kappa shape index (κ1) is 19.1. The largest absolute Gasteiger partial charge is 0.480 e. The number of carbonyl (C=O) groups is 1. The Balaban J connectivity index is 2.74. The number of nitrogens with one attached hydrogen (secondary N) is 1. The van der Waals surface area contributed by atoms with Crippen molar-refractivity contribution in [2.24, 2.45) is 0 Å². The zero-order chi connectivity index (χ0) is 17.5. The van der Waals surface area contributed by atoms with E-state index in [9.17, 15) is 23.1 Å². The maximum atomic E-state index is 12.8. The average molecular weight is 329 g/mol. The molecule has 0 bridgehead atoms. The Morgan fingerprint density at radius 1 is 1.30 bits per heavy atom. The topological polar surface area (TPSA) is 49.3 Å². The molecule has 0 radical (unpaired) electrons. The van der Waals surface area contributed by atoms with Crippen LogP contribution in [0.1, 0.15) is 43.2 Å². The molecule has 0 aliphatic rings. The van der Waals surface area contributed by atoms with Crippen LogP contribution in [0.15, 0.2) is 30.9 Å². The fourth-order valence-electron chi connectivity index (χ4n) is 2.30. The monoisotopic (exact) mass is 329 g/mol. The first-order chi connectivity index (χ1) is 10.7. The molecule has 0 aliphatic heterocycles. The summed E-state index contributed by atoms with van der Waals surface area (Å²) in [7, 11) is 0. The second-order valence-corrected chi connectivity index (χ2v) is 5.55. The minimum Gasteiger partial charge on any atom is -0.480 e. The van der Waals surface area contributed by atoms with Crippen LogP contribution in [-0.4, -0.2) is 17.1 Å². The van der Waals surface area contributed by atoms with Crippen LogP contribution in [0.3, 0.4) is 0 Å². The molecule has 0 spiro atoms. The van der Waals surface area contributed by atoms with Crippen LogP contribution in [0, 0.1) is 6.92 Å². The summed E-state index contributed by atoms with van der Waals surface area (Å²) in [6, 6.07) is 2.60. The molecule has 0 unspecified atom stereocenters. The SMILES string of the molecule is C=CCCCCC[C@H](Nc1cc(C)cc(C(F)(F)F)c1)C(=O)O. The Labute approximate surface area is 134 Å². The summed E-state index contributed by atoms with van der Waals surface area (Å²) in [5.74, 6) is -1.07. The van der Waals surface area contributed by atoms with Crippen LogP contribution >= 0.6 is 0 Å². The number of allylic oxidation sites excluding steroid dienone is 1. The van der Waals surface area contributed by atoms with Crippen molar-refractivity contribution in [1.29, 1.82) is 0 Å². The molecule has 0 aliphatic carbocycles. The summed E-state index contributed by atoms with van der Waals surface area (Å²) in [5, 5.41) is 11.9. The summed E-state index contributed by atoms with van der Waals surface area (Å²) < 4.78 is 38.4. The van der Waals surface area contributed by atoms with Crippen molar-refractivity contribution in [3.8, 4) is 0 Å². The minimum atomic E-state index is -4.45. The van der Waals surface area contributed by atoms with E-state index in [2.05, 4.69) is 11.9 Å². The number of alkyl halides is 3. The normalized spacial score (nSPS) is 12.7. The maximum Gasteiger partial charge on any atom is 0.416 e. The molecular weight excluding hydrogens is 307 g/mol. The van der Waals surface area contributed by atoms with Gasteiger partial charge in [0.05, 0.1) is 5.56 Å². The Morgan fingerprint density at radius 3 is 2.57 bits per heavy atom. The van der Waals surface area contributed by atoms with E-state index in [0.29, 0.717) is 18.4 Å². The maximum absolute atomic E-state index is 12.8. The first-order valence-electron chi connectivity index (χ1n) is 7.53. The third-order valence-corrected chi connectivity index (χ3v) is 3.44. The number of benzene rings is 1. The van der Waals surface area contributed by atoms with Gasteiger partial charge in [-0.05, 0) is 49.9 Å². The van der Waals surface area contributed by atoms with Gasteiger partial charge < -0.3 is 10.4 Å². The predicted octanol–water partition coefficient (Wildman–Crippen LogP) is 5.02. The number of hydrogen-bond donors (Lipinski definition) is 2. The first-order valence-corrected chi connectivity index (χ1v) is 7.53. The average Bonchev–Trinajstić information content (AvgIpc) is 2.44. The quantitative estimate of drug-likeness (QED) is 0.494. The molecule has 0 heterocycles. The van der Waals surface area contributed by atoms with Crippen LogP contribution < -0.4 is 5.32 Å². The van der Waals surface area contributed by atoms with Crippen LogP contribution in [-0.2, 0) is 11.0 Å². The summed E-state index contributed by atoms with van der Waals surface area (Å²) in [6.07, 6.45) is 1.07. The number of carboxylic acid groups (broad SMARTS) is 1. The second-order valence-electron chi connectivity index (χ2n) is 5.55. The number of hydrogen-bond acceptors (Lipinski definition) is 2. The molecule has 2 N–H and O–H groups in total. The molecular formula is C17H22F3NO2. The lowest BCUT2D eigenvalue weighted by Gasteiger charge is -2.18. The van der Waals surface area contributed by atoms with E-state index < -0.39 is 23.8 Å². The van der Waals surface area contributed by atoms with E-state index in [1.165, 1.54) is 6.07 Å². The minimum absolute atomic E-state index is 0.177. The van der Waals surface area contributed by atoms with Crippen molar-refractivity contribution < 1.29 is 23.1 Å². The van der Waals surface area contributed by atoms with Gasteiger partial charge in [0, 0.05) is 5.69 Å². The van der Waals surface area contributed by atoms with Crippen molar-refractivity contribution in [1.82, 2.24) is 0 Å². The van der Waals surface area contributed by atoms with Crippen LogP contribution in [0.25, 0.3) is 0 Å². The van der Waals surface area contributed by atoms with E-state index in [4.69, 9.17) is 0 Å². The number of carboxylic acids is 1. The number of unbranched alkanes of at least 4 members (excludes halogenated alkanes) is 3. The highest BCUT2D eigenvalue weighted by Gasteiger charge is 2.31. The summed E-state index contributed by atoms with van der Waals surface area (Å²) in [6.45, 7) is 5.16. The van der Waals surface area contributed by atoms with Gasteiger partial charge in [-0.25, -0.2) is 4.79 Å². The Hall–Kier alpha value is -1.98. The third-order valence-electron chi connectivity index (χ3n) is 3.44. The standard InChI is InChI=1S/C17H22F3NO2/c1-3-4-5-6-7-8-15(16(22)23)21-14-10-12(2)9-13(11-14)17(18,19)20/h3,9-11,15,21H,1,4-8H2,2H3,(H,22,23)/t15-/m0/s1. The summed E-state index contributed by atoms with van der Waals surface area (Å²) in [5.41, 5.74) is -0.177. The number of halogens is 3. The van der Waals surface area contributed by atoms with Crippen LogP contribution in [0.5, 0.6) is 0 Å². The molecule has 1 aromatic carbocycles. The molecule has 23 heavy (non-hydrogen) atoms. The lowest BCUT2D eigenvalue weighted by atomic mass is 10.1. The fourth-order valence-corrected chi connectivity index (χ4v) is 2.30. The van der Waals surface area contributed by atoms with Gasteiger partial charge in [0.25, 0.3) is 0 Å². The van der Waals surface area contributed by atoms with Crippen molar-refractivity contribution >= 4 is 11.7 Å². The molecule has 1 aromatic rings. The highest BCUT2D eigenvalue weighted by molar-refractivity contribution is 5.77. The van der Waals surface area contributed by atoms with Crippen molar-refractivity contribution in [3.05, 3.63) is 42.0 Å². The van der Waals surface area contributed by atoms with E-state index in [0.717, 1.165) is 31.4 Å². The fraction of sp³-hybridized carbons (Fsp3) is 0.471. The molecule has 1 rings (SSSR count). The molecule has 0 saturated carbocycles. The Kier molecular flexibility index (Phi) is 7.13. The Bertz CT molecular complexity index is 541. The molecule has 0 saturated heterocycles. The number of aryl methyl sites for hydroxylation is 1. The van der Waals surface area contributed by atoms with E-state index in [-0.39, 0.29) is 5.69 Å². The zero-order valence-electron chi connectivity index (χ0n) is 13.1. The van der Waals surface area contributed by atoms with Gasteiger partial charge in [-0.1, -0.05) is 18.9 Å². The van der Waals surface area contributed by atoms with Crippen molar-refractivity contribution in [2.45, 2.75) is 51.2 Å². The van der Waals surface area contributed by atoms with Gasteiger partial charge in [-0.2, -0.15) is 13.2 Å². The third kappa shape index (κ3) is 6.76. The molecule has 3 nitrogen and oxygen atoms in total. The summed E-state index contributed by atoms with van der Waals surface area (Å²) in [4.78, 5) is 11.3. The smallest absolute Gasteiger partial charge is 0.416 e. The molecule has 0 aromatic heterocycles. The van der Waals surface area contributed by atoms with Gasteiger partial charge in [0.1, 0.15) is 6.04 Å². The summed E-state index contributed by atoms with van der Waals surface area (Å²) >= 11 is 0. The molecule has 128 valence electrons. The highest BCUT2D eigenvalue weighted by Crippen LogP contribution is 2.32. The predicted molar refractivity (Wildman–Crippen MR) is 84.5 cm³/mol. The number of aliphatic carboxylic acids is 1. The van der Waals surface area contributed by atoms with Crippen molar-refractivity contribution in [2.75, 3.05) is 5.32 Å². The lowest BCUT2D eigenvalue weighted by Crippen LogP contribution is -2.29. The van der Waals surface area contributed by atoms with Gasteiger partial charge in [0.15, 0.2) is 0 Å². The van der Waals surface area contributed by atoms with Gasteiger partial charge in [0.2, 0.25) is 0 Å². The van der Waals surface area contributed by atoms with Crippen LogP contribution in [0.2, 0.25) is 0 Å².